The van der Waals surface area contributed by atoms with Crippen LogP contribution in [0.2, 0.25) is 0 Å². The Balaban J connectivity index is 1.63. The summed E-state index contributed by atoms with van der Waals surface area (Å²) >= 11 is 5.19. The highest BCUT2D eigenvalue weighted by atomic mass is 32.1. The van der Waals surface area contributed by atoms with Crippen LogP contribution in [0.3, 0.4) is 0 Å². The molecule has 0 atom stereocenters. The first-order valence-electron chi connectivity index (χ1n) is 7.23. The number of likely N-dealkylation sites (N-methyl/N-ethyl adjacent to an activating group) is 1. The Labute approximate surface area is 133 Å². The molecule has 1 saturated carbocycles. The van der Waals surface area contributed by atoms with Gasteiger partial charge in [-0.05, 0) is 44.2 Å². The van der Waals surface area contributed by atoms with Crippen LogP contribution in [0, 0.1) is 4.84 Å². The number of amides is 1. The highest BCUT2D eigenvalue weighted by molar-refractivity contribution is 7.71. The van der Waals surface area contributed by atoms with Crippen LogP contribution in [0.4, 0.5) is 0 Å². The first-order valence-corrected chi connectivity index (χ1v) is 7.64. The van der Waals surface area contributed by atoms with E-state index >= 15 is 0 Å². The summed E-state index contributed by atoms with van der Waals surface area (Å²) < 4.78 is 7.11. The van der Waals surface area contributed by atoms with Gasteiger partial charge in [0.15, 0.2) is 0 Å². The van der Waals surface area contributed by atoms with E-state index in [-0.39, 0.29) is 5.91 Å². The minimum absolute atomic E-state index is 0.0308. The largest absolute Gasteiger partial charge is 0.409 e. The van der Waals surface area contributed by atoms with Crippen molar-refractivity contribution in [3.8, 4) is 11.5 Å². The summed E-state index contributed by atoms with van der Waals surface area (Å²) in [5.41, 5.74) is 0.876. The summed E-state index contributed by atoms with van der Waals surface area (Å²) in [4.78, 5) is 13.9. The first kappa shape index (κ1) is 14.9. The second-order valence-electron chi connectivity index (χ2n) is 5.54. The third-order valence-corrected chi connectivity index (χ3v) is 3.65. The van der Waals surface area contributed by atoms with Crippen molar-refractivity contribution in [2.45, 2.75) is 25.6 Å². The van der Waals surface area contributed by atoms with Gasteiger partial charge in [-0.25, -0.2) is 4.68 Å². The standard InChI is InChI=1S/C15H18N4O2S/c1-18(9-13(20)16-12-7-8-12)10-19-15(22)21-14(17-19)11-5-3-2-4-6-11/h2-6,12H,7-10H2,1H3,(H,16,20). The Morgan fingerprint density at radius 1 is 1.45 bits per heavy atom. The number of hydrogen-bond acceptors (Lipinski definition) is 5. The molecule has 2 aromatic rings. The SMILES string of the molecule is CN(CC(=O)NC1CC1)Cn1nc(-c2ccccc2)oc1=S. The Kier molecular flexibility index (Phi) is 4.35. The fourth-order valence-electron chi connectivity index (χ4n) is 2.12. The van der Waals surface area contributed by atoms with Crippen molar-refractivity contribution in [2.75, 3.05) is 13.6 Å². The summed E-state index contributed by atoms with van der Waals surface area (Å²) in [6.45, 7) is 0.721. The number of nitrogens with one attached hydrogen (secondary N) is 1. The lowest BCUT2D eigenvalue weighted by Gasteiger charge is -2.15. The predicted octanol–water partition coefficient (Wildman–Crippen LogP) is 2.04. The van der Waals surface area contributed by atoms with Crippen molar-refractivity contribution in [3.05, 3.63) is 35.2 Å². The minimum Gasteiger partial charge on any atom is -0.409 e. The van der Waals surface area contributed by atoms with E-state index in [1.165, 1.54) is 0 Å². The van der Waals surface area contributed by atoms with Crippen LogP contribution in [0.5, 0.6) is 0 Å². The number of nitrogens with zero attached hydrogens (tertiary/aromatic N) is 3. The molecule has 0 radical (unpaired) electrons. The van der Waals surface area contributed by atoms with Crippen molar-refractivity contribution < 1.29 is 9.21 Å². The van der Waals surface area contributed by atoms with Gasteiger partial charge in [0.2, 0.25) is 11.8 Å². The molecule has 3 rings (SSSR count). The van der Waals surface area contributed by atoms with E-state index in [9.17, 15) is 4.79 Å². The van der Waals surface area contributed by atoms with Gasteiger partial charge >= 0.3 is 0 Å². The molecule has 116 valence electrons. The smallest absolute Gasteiger partial charge is 0.288 e. The van der Waals surface area contributed by atoms with Crippen LogP contribution in [-0.2, 0) is 11.5 Å². The lowest BCUT2D eigenvalue weighted by atomic mass is 10.2. The maximum absolute atomic E-state index is 11.8. The summed E-state index contributed by atoms with van der Waals surface area (Å²) in [6.07, 6.45) is 2.18. The van der Waals surface area contributed by atoms with Gasteiger partial charge in [0, 0.05) is 11.6 Å². The van der Waals surface area contributed by atoms with Crippen molar-refractivity contribution in [1.82, 2.24) is 20.0 Å². The molecule has 0 saturated heterocycles. The van der Waals surface area contributed by atoms with Crippen LogP contribution >= 0.6 is 12.2 Å². The average Bonchev–Trinajstić information content (AvgIpc) is 3.22. The Hall–Kier alpha value is -1.99. The summed E-state index contributed by atoms with van der Waals surface area (Å²) in [6, 6.07) is 9.97. The van der Waals surface area contributed by atoms with Gasteiger partial charge < -0.3 is 9.73 Å². The van der Waals surface area contributed by atoms with E-state index < -0.39 is 0 Å². The number of rotatable bonds is 6. The highest BCUT2D eigenvalue weighted by Crippen LogP contribution is 2.18. The molecule has 0 bridgehead atoms. The molecule has 1 aliphatic carbocycles. The van der Waals surface area contributed by atoms with Crippen LogP contribution < -0.4 is 5.32 Å². The van der Waals surface area contributed by atoms with Gasteiger partial charge in [0.05, 0.1) is 13.2 Å². The molecule has 6 nitrogen and oxygen atoms in total. The average molecular weight is 318 g/mol. The fraction of sp³-hybridized carbons (Fsp3) is 0.400. The molecular weight excluding hydrogens is 300 g/mol. The molecule has 7 heteroatoms. The predicted molar refractivity (Wildman–Crippen MR) is 84.6 cm³/mol. The highest BCUT2D eigenvalue weighted by Gasteiger charge is 2.23. The second kappa shape index (κ2) is 6.41. The third kappa shape index (κ3) is 3.80. The van der Waals surface area contributed by atoms with Gasteiger partial charge in [-0.15, -0.1) is 5.10 Å². The zero-order valence-electron chi connectivity index (χ0n) is 12.4. The molecule has 1 fully saturated rings. The monoisotopic (exact) mass is 318 g/mol. The molecule has 1 aromatic heterocycles. The lowest BCUT2D eigenvalue weighted by molar-refractivity contribution is -0.122. The van der Waals surface area contributed by atoms with Gasteiger partial charge in [-0.3, -0.25) is 9.69 Å². The Morgan fingerprint density at radius 2 is 2.18 bits per heavy atom. The second-order valence-corrected chi connectivity index (χ2v) is 5.89. The van der Waals surface area contributed by atoms with Crippen molar-refractivity contribution in [2.24, 2.45) is 0 Å². The Bertz CT molecular complexity index is 706. The normalized spacial score (nSPS) is 14.3. The third-order valence-electron chi connectivity index (χ3n) is 3.36. The van der Waals surface area contributed by atoms with Crippen LogP contribution in [0.25, 0.3) is 11.5 Å². The van der Waals surface area contributed by atoms with Crippen molar-refractivity contribution >= 4 is 18.1 Å². The first-order chi connectivity index (χ1) is 10.6. The van der Waals surface area contributed by atoms with Gasteiger partial charge in [0.25, 0.3) is 4.84 Å². The summed E-state index contributed by atoms with van der Waals surface area (Å²) in [5.74, 6) is 0.518. The maximum atomic E-state index is 11.8. The molecule has 0 spiro atoms. The lowest BCUT2D eigenvalue weighted by Crippen LogP contribution is -2.37. The van der Waals surface area contributed by atoms with Crippen LogP contribution in [0.1, 0.15) is 12.8 Å². The zero-order chi connectivity index (χ0) is 15.5. The van der Waals surface area contributed by atoms with Crippen molar-refractivity contribution in [3.63, 3.8) is 0 Å². The molecule has 22 heavy (non-hydrogen) atoms. The van der Waals surface area contributed by atoms with Gasteiger partial charge in [-0.2, -0.15) is 0 Å². The minimum atomic E-state index is 0.0308. The van der Waals surface area contributed by atoms with E-state index in [1.807, 2.05) is 42.3 Å². The van der Waals surface area contributed by atoms with E-state index in [2.05, 4.69) is 10.4 Å². The van der Waals surface area contributed by atoms with Crippen LogP contribution in [0.15, 0.2) is 34.7 Å². The molecule has 1 aromatic carbocycles. The maximum Gasteiger partial charge on any atom is 0.288 e. The molecule has 1 amide bonds. The van der Waals surface area contributed by atoms with Crippen LogP contribution in [-0.4, -0.2) is 40.2 Å². The van der Waals surface area contributed by atoms with Crippen molar-refractivity contribution in [1.29, 1.82) is 0 Å². The quantitative estimate of drug-likeness (QED) is 0.826. The fourth-order valence-corrected chi connectivity index (χ4v) is 2.30. The zero-order valence-corrected chi connectivity index (χ0v) is 13.2. The number of carbonyl (C=O) groups is 1. The molecule has 0 unspecified atom stereocenters. The molecule has 1 aliphatic rings. The number of aromatic nitrogens is 2. The molecular formula is C15H18N4O2S. The Morgan fingerprint density at radius 3 is 2.86 bits per heavy atom. The number of benzene rings is 1. The number of carbonyl (C=O) groups excluding carboxylic acids is 1. The molecule has 1 N–H and O–H groups in total. The molecule has 0 aliphatic heterocycles. The topological polar surface area (TPSA) is 63.3 Å². The number of hydrogen-bond donors (Lipinski definition) is 1. The molecule has 1 heterocycles. The summed E-state index contributed by atoms with van der Waals surface area (Å²) in [7, 11) is 1.85. The van der Waals surface area contributed by atoms with Gasteiger partial charge in [-0.1, -0.05) is 18.2 Å². The van der Waals surface area contributed by atoms with E-state index in [1.54, 1.807) is 4.68 Å². The van der Waals surface area contributed by atoms with Gasteiger partial charge in [0.1, 0.15) is 0 Å². The van der Waals surface area contributed by atoms with E-state index in [0.717, 1.165) is 18.4 Å². The van der Waals surface area contributed by atoms with E-state index in [0.29, 0.717) is 30.0 Å². The summed E-state index contributed by atoms with van der Waals surface area (Å²) in [5, 5.41) is 7.33. The van der Waals surface area contributed by atoms with E-state index in [4.69, 9.17) is 16.6 Å².